The average Bonchev–Trinajstić information content (AvgIpc) is 2.38. The van der Waals surface area contributed by atoms with Gasteiger partial charge >= 0.3 is 0 Å². The molecular formula is C12H17N5O. The van der Waals surface area contributed by atoms with Crippen molar-refractivity contribution in [1.82, 2.24) is 15.3 Å². The van der Waals surface area contributed by atoms with Gasteiger partial charge in [-0.3, -0.25) is 4.79 Å². The average molecular weight is 247 g/mol. The molecule has 2 N–H and O–H groups in total. The number of hydrogen-bond acceptors (Lipinski definition) is 5. The highest BCUT2D eigenvalue weighted by Crippen LogP contribution is 2.36. The number of carbonyl (C=O) groups is 1. The fourth-order valence-electron chi connectivity index (χ4n) is 2.63. The summed E-state index contributed by atoms with van der Waals surface area (Å²) in [5, 5.41) is 6.17. The molecule has 1 atom stereocenters. The lowest BCUT2D eigenvalue weighted by Gasteiger charge is -2.32. The molecule has 1 aromatic heterocycles. The Balaban J connectivity index is 2.00. The highest BCUT2D eigenvalue weighted by molar-refractivity contribution is 5.94. The van der Waals surface area contributed by atoms with E-state index in [-0.39, 0.29) is 11.8 Å². The molecule has 2 aliphatic heterocycles. The van der Waals surface area contributed by atoms with Gasteiger partial charge in [-0.15, -0.1) is 0 Å². The minimum Gasteiger partial charge on any atom is -0.354 e. The van der Waals surface area contributed by atoms with Gasteiger partial charge in [-0.05, 0) is 5.92 Å². The molecule has 18 heavy (non-hydrogen) atoms. The van der Waals surface area contributed by atoms with Crippen molar-refractivity contribution in [3.05, 3.63) is 11.9 Å². The van der Waals surface area contributed by atoms with E-state index in [0.717, 1.165) is 37.6 Å². The Morgan fingerprint density at radius 3 is 2.89 bits per heavy atom. The fraction of sp³-hybridized carbons (Fsp3) is 0.583. The van der Waals surface area contributed by atoms with Crippen LogP contribution in [0.4, 0.5) is 11.6 Å². The summed E-state index contributed by atoms with van der Waals surface area (Å²) < 4.78 is 0. The third-order valence-electron chi connectivity index (χ3n) is 3.52. The monoisotopic (exact) mass is 247 g/mol. The summed E-state index contributed by atoms with van der Waals surface area (Å²) in [4.78, 5) is 22.4. The first-order valence-electron chi connectivity index (χ1n) is 6.36. The molecule has 1 amide bonds. The molecule has 0 saturated carbocycles. The number of fused-ring (bicyclic) bond motifs is 1. The lowest BCUT2D eigenvalue weighted by atomic mass is 9.94. The van der Waals surface area contributed by atoms with E-state index in [1.165, 1.54) is 6.33 Å². The van der Waals surface area contributed by atoms with Gasteiger partial charge in [0, 0.05) is 38.2 Å². The zero-order valence-electron chi connectivity index (χ0n) is 10.4. The van der Waals surface area contributed by atoms with Gasteiger partial charge in [0.2, 0.25) is 5.91 Å². The molecule has 6 nitrogen and oxygen atoms in total. The number of anilines is 2. The molecule has 1 unspecified atom stereocenters. The number of nitrogens with one attached hydrogen (secondary N) is 2. The Morgan fingerprint density at radius 2 is 2.11 bits per heavy atom. The van der Waals surface area contributed by atoms with Crippen molar-refractivity contribution >= 4 is 17.5 Å². The van der Waals surface area contributed by atoms with Crippen LogP contribution in [0.5, 0.6) is 0 Å². The summed E-state index contributed by atoms with van der Waals surface area (Å²) in [7, 11) is 0. The first-order chi connectivity index (χ1) is 8.75. The maximum absolute atomic E-state index is 11.5. The van der Waals surface area contributed by atoms with Gasteiger partial charge in [-0.25, -0.2) is 9.97 Å². The van der Waals surface area contributed by atoms with Crippen LogP contribution in [0.1, 0.15) is 24.8 Å². The molecule has 0 bridgehead atoms. The van der Waals surface area contributed by atoms with Crippen LogP contribution in [-0.4, -0.2) is 42.1 Å². The second kappa shape index (κ2) is 4.53. The van der Waals surface area contributed by atoms with Crippen LogP contribution in [0.25, 0.3) is 0 Å². The zero-order valence-corrected chi connectivity index (χ0v) is 10.4. The quantitative estimate of drug-likeness (QED) is 0.748. The van der Waals surface area contributed by atoms with Gasteiger partial charge < -0.3 is 15.5 Å². The van der Waals surface area contributed by atoms with Crippen LogP contribution in [0, 0.1) is 0 Å². The summed E-state index contributed by atoms with van der Waals surface area (Å²) in [5.74, 6) is 1.89. The molecule has 6 heteroatoms. The van der Waals surface area contributed by atoms with E-state index in [0.29, 0.717) is 12.2 Å². The summed E-state index contributed by atoms with van der Waals surface area (Å²) >= 11 is 0. The van der Waals surface area contributed by atoms with Crippen LogP contribution in [-0.2, 0) is 4.79 Å². The highest BCUT2D eigenvalue weighted by atomic mass is 16.1. The Morgan fingerprint density at radius 1 is 1.33 bits per heavy atom. The predicted octanol–water partition coefficient (Wildman–Crippen LogP) is 0.332. The number of piperazine rings is 1. The van der Waals surface area contributed by atoms with Crippen molar-refractivity contribution in [2.24, 2.45) is 0 Å². The standard InChI is InChI=1S/C12H17N5O/c1-8-6-9(18)16-11-10(8)12(15-7-14-11)17-4-2-13-3-5-17/h7-8,13H,2-6H2,1H3,(H,14,15,16,18). The maximum atomic E-state index is 11.5. The van der Waals surface area contributed by atoms with Crippen molar-refractivity contribution in [1.29, 1.82) is 0 Å². The molecule has 0 spiro atoms. The molecule has 1 fully saturated rings. The Hall–Kier alpha value is -1.69. The van der Waals surface area contributed by atoms with Crippen molar-refractivity contribution in [2.75, 3.05) is 36.4 Å². The van der Waals surface area contributed by atoms with E-state index >= 15 is 0 Å². The van der Waals surface area contributed by atoms with Crippen molar-refractivity contribution in [3.63, 3.8) is 0 Å². The molecule has 0 aromatic carbocycles. The molecule has 3 heterocycles. The fourth-order valence-corrected chi connectivity index (χ4v) is 2.63. The van der Waals surface area contributed by atoms with Crippen LogP contribution < -0.4 is 15.5 Å². The largest absolute Gasteiger partial charge is 0.354 e. The van der Waals surface area contributed by atoms with Crippen molar-refractivity contribution < 1.29 is 4.79 Å². The van der Waals surface area contributed by atoms with Gasteiger partial charge in [0.05, 0.1) is 0 Å². The lowest BCUT2D eigenvalue weighted by molar-refractivity contribution is -0.116. The van der Waals surface area contributed by atoms with Crippen LogP contribution in [0.3, 0.4) is 0 Å². The molecule has 0 radical (unpaired) electrons. The second-order valence-corrected chi connectivity index (χ2v) is 4.85. The van der Waals surface area contributed by atoms with Gasteiger partial charge in [0.1, 0.15) is 18.0 Å². The number of aromatic nitrogens is 2. The van der Waals surface area contributed by atoms with E-state index in [9.17, 15) is 4.79 Å². The lowest BCUT2D eigenvalue weighted by Crippen LogP contribution is -2.44. The van der Waals surface area contributed by atoms with Gasteiger partial charge in [0.25, 0.3) is 0 Å². The molecule has 2 aliphatic rings. The van der Waals surface area contributed by atoms with Crippen molar-refractivity contribution in [2.45, 2.75) is 19.3 Å². The van der Waals surface area contributed by atoms with Gasteiger partial charge in [-0.2, -0.15) is 0 Å². The first-order valence-corrected chi connectivity index (χ1v) is 6.36. The normalized spacial score (nSPS) is 23.5. The third-order valence-corrected chi connectivity index (χ3v) is 3.52. The minimum atomic E-state index is 0.0416. The summed E-state index contributed by atoms with van der Waals surface area (Å²) in [5.41, 5.74) is 1.08. The SMILES string of the molecule is CC1CC(=O)Nc2ncnc(N3CCNCC3)c21. The smallest absolute Gasteiger partial charge is 0.226 e. The van der Waals surface area contributed by atoms with Gasteiger partial charge in [-0.1, -0.05) is 6.92 Å². The Bertz CT molecular complexity index is 470. The maximum Gasteiger partial charge on any atom is 0.226 e. The van der Waals surface area contributed by atoms with E-state index in [2.05, 4.69) is 32.4 Å². The number of rotatable bonds is 1. The summed E-state index contributed by atoms with van der Waals surface area (Å²) in [6, 6.07) is 0. The molecule has 96 valence electrons. The molecule has 0 aliphatic carbocycles. The third kappa shape index (κ3) is 1.92. The number of carbonyl (C=O) groups excluding carboxylic acids is 1. The molecule has 1 aromatic rings. The molecule has 3 rings (SSSR count). The van der Waals surface area contributed by atoms with Crippen molar-refractivity contribution in [3.8, 4) is 0 Å². The molecule has 1 saturated heterocycles. The Kier molecular flexibility index (Phi) is 2.87. The zero-order chi connectivity index (χ0) is 12.5. The van der Waals surface area contributed by atoms with E-state index in [1.54, 1.807) is 0 Å². The second-order valence-electron chi connectivity index (χ2n) is 4.85. The van der Waals surface area contributed by atoms with Crippen LogP contribution in [0.15, 0.2) is 6.33 Å². The van der Waals surface area contributed by atoms with Crippen LogP contribution in [0.2, 0.25) is 0 Å². The minimum absolute atomic E-state index is 0.0416. The van der Waals surface area contributed by atoms with E-state index < -0.39 is 0 Å². The highest BCUT2D eigenvalue weighted by Gasteiger charge is 2.28. The molecular weight excluding hydrogens is 230 g/mol. The van der Waals surface area contributed by atoms with Crippen LogP contribution >= 0.6 is 0 Å². The van der Waals surface area contributed by atoms with E-state index in [1.807, 2.05) is 0 Å². The number of hydrogen-bond donors (Lipinski definition) is 2. The summed E-state index contributed by atoms with van der Waals surface area (Å²) in [6.07, 6.45) is 2.05. The first kappa shape index (κ1) is 11.4. The topological polar surface area (TPSA) is 70.2 Å². The Labute approximate surface area is 106 Å². The number of amides is 1. The number of nitrogens with zero attached hydrogens (tertiary/aromatic N) is 3. The van der Waals surface area contributed by atoms with E-state index in [4.69, 9.17) is 0 Å². The summed E-state index contributed by atoms with van der Waals surface area (Å²) in [6.45, 7) is 5.90. The predicted molar refractivity (Wildman–Crippen MR) is 68.8 cm³/mol. The van der Waals surface area contributed by atoms with Gasteiger partial charge in [0.15, 0.2) is 0 Å².